The number of hydrogen-bond acceptors (Lipinski definition) is 1. The first-order valence-corrected chi connectivity index (χ1v) is 6.56. The Labute approximate surface area is 110 Å². The lowest BCUT2D eigenvalue weighted by atomic mass is 9.82. The molecule has 0 aliphatic rings. The molecule has 1 aromatic carbocycles. The molecule has 1 unspecified atom stereocenters. The molecule has 0 radical (unpaired) electrons. The Morgan fingerprint density at radius 1 is 1.24 bits per heavy atom. The predicted molar refractivity (Wildman–Crippen MR) is 75.1 cm³/mol. The van der Waals surface area contributed by atoms with Gasteiger partial charge in [0.2, 0.25) is 0 Å². The minimum Gasteiger partial charge on any atom is -0.496 e. The van der Waals surface area contributed by atoms with Crippen LogP contribution in [0.25, 0.3) is 0 Å². The van der Waals surface area contributed by atoms with Gasteiger partial charge >= 0.3 is 0 Å². The zero-order valence-electron chi connectivity index (χ0n) is 11.7. The molecule has 0 fully saturated rings. The Balaban J connectivity index is 3.17. The molecule has 17 heavy (non-hydrogen) atoms. The van der Waals surface area contributed by atoms with E-state index in [9.17, 15) is 0 Å². The first-order valence-electron chi connectivity index (χ1n) is 6.12. The summed E-state index contributed by atoms with van der Waals surface area (Å²) in [6.07, 6.45) is 1.06. The molecule has 1 rings (SSSR count). The Kier molecular flexibility index (Phi) is 4.48. The van der Waals surface area contributed by atoms with Crippen LogP contribution in [0.1, 0.15) is 49.3 Å². The van der Waals surface area contributed by atoms with E-state index in [2.05, 4.69) is 46.8 Å². The van der Waals surface area contributed by atoms with Crippen LogP contribution in [-0.2, 0) is 0 Å². The third kappa shape index (κ3) is 2.95. The number of alkyl halides is 1. The molecule has 0 saturated heterocycles. The van der Waals surface area contributed by atoms with E-state index in [0.717, 1.165) is 23.3 Å². The molecule has 0 aromatic heterocycles. The van der Waals surface area contributed by atoms with E-state index in [-0.39, 0.29) is 10.8 Å². The predicted octanol–water partition coefficient (Wildman–Crippen LogP) is 5.03. The zero-order valence-corrected chi connectivity index (χ0v) is 12.5. The van der Waals surface area contributed by atoms with Gasteiger partial charge in [0.1, 0.15) is 5.75 Å². The van der Waals surface area contributed by atoms with Gasteiger partial charge in [-0.25, -0.2) is 0 Å². The van der Waals surface area contributed by atoms with E-state index >= 15 is 0 Å². The van der Waals surface area contributed by atoms with Crippen molar-refractivity contribution in [3.8, 4) is 5.75 Å². The van der Waals surface area contributed by atoms with Crippen LogP contribution >= 0.6 is 11.6 Å². The molecule has 0 heterocycles. The third-order valence-corrected chi connectivity index (χ3v) is 4.42. The van der Waals surface area contributed by atoms with E-state index in [1.165, 1.54) is 5.56 Å². The summed E-state index contributed by atoms with van der Waals surface area (Å²) >= 11 is 6.60. The lowest BCUT2D eigenvalue weighted by molar-refractivity contribution is 0.335. The van der Waals surface area contributed by atoms with Crippen LogP contribution in [0.3, 0.4) is 0 Å². The van der Waals surface area contributed by atoms with Crippen molar-refractivity contribution >= 4 is 11.6 Å². The van der Waals surface area contributed by atoms with Crippen molar-refractivity contribution in [2.24, 2.45) is 5.41 Å². The average molecular weight is 255 g/mol. The van der Waals surface area contributed by atoms with Crippen LogP contribution in [0.15, 0.2) is 12.1 Å². The van der Waals surface area contributed by atoms with Crippen molar-refractivity contribution in [2.75, 3.05) is 7.11 Å². The SMILES string of the molecule is CCC(C)(C)C(Cl)c1cc(C)c(OC)c(C)c1. The minimum absolute atomic E-state index is 0.0378. The Morgan fingerprint density at radius 2 is 1.71 bits per heavy atom. The molecule has 0 aliphatic heterocycles. The molecule has 0 amide bonds. The van der Waals surface area contributed by atoms with Crippen molar-refractivity contribution in [3.05, 3.63) is 28.8 Å². The smallest absolute Gasteiger partial charge is 0.124 e. The Bertz CT molecular complexity index is 373. The van der Waals surface area contributed by atoms with E-state index in [0.29, 0.717) is 0 Å². The summed E-state index contributed by atoms with van der Waals surface area (Å²) < 4.78 is 5.38. The molecular formula is C15H23ClO. The van der Waals surface area contributed by atoms with Crippen molar-refractivity contribution in [2.45, 2.75) is 46.4 Å². The maximum Gasteiger partial charge on any atom is 0.124 e. The number of ether oxygens (including phenoxy) is 1. The van der Waals surface area contributed by atoms with Crippen LogP contribution < -0.4 is 4.74 Å². The fraction of sp³-hybridized carbons (Fsp3) is 0.600. The summed E-state index contributed by atoms with van der Waals surface area (Å²) in [5.41, 5.74) is 3.60. The monoisotopic (exact) mass is 254 g/mol. The summed E-state index contributed by atoms with van der Waals surface area (Å²) in [6, 6.07) is 4.28. The molecule has 0 aliphatic carbocycles. The average Bonchev–Trinajstić information content (AvgIpc) is 2.27. The Morgan fingerprint density at radius 3 is 2.06 bits per heavy atom. The highest BCUT2D eigenvalue weighted by Gasteiger charge is 2.27. The van der Waals surface area contributed by atoms with Gasteiger partial charge in [0.05, 0.1) is 12.5 Å². The molecule has 1 atom stereocenters. The second-order valence-corrected chi connectivity index (χ2v) is 5.83. The second kappa shape index (κ2) is 5.30. The number of methoxy groups -OCH3 is 1. The van der Waals surface area contributed by atoms with Gasteiger partial charge < -0.3 is 4.74 Å². The largest absolute Gasteiger partial charge is 0.496 e. The molecule has 2 heteroatoms. The number of halogens is 1. The van der Waals surface area contributed by atoms with Crippen LogP contribution in [-0.4, -0.2) is 7.11 Å². The van der Waals surface area contributed by atoms with Crippen molar-refractivity contribution < 1.29 is 4.74 Å². The van der Waals surface area contributed by atoms with Crippen molar-refractivity contribution in [1.82, 2.24) is 0 Å². The highest BCUT2D eigenvalue weighted by atomic mass is 35.5. The van der Waals surface area contributed by atoms with Crippen LogP contribution in [0.5, 0.6) is 5.75 Å². The van der Waals surface area contributed by atoms with E-state index in [1.54, 1.807) is 7.11 Å². The first kappa shape index (κ1) is 14.4. The molecule has 1 aromatic rings. The summed E-state index contributed by atoms with van der Waals surface area (Å²) in [5, 5.41) is 0.0378. The van der Waals surface area contributed by atoms with Crippen molar-refractivity contribution in [3.63, 3.8) is 0 Å². The van der Waals surface area contributed by atoms with Crippen molar-refractivity contribution in [1.29, 1.82) is 0 Å². The fourth-order valence-corrected chi connectivity index (χ4v) is 2.36. The van der Waals surface area contributed by atoms with Crippen LogP contribution in [0.4, 0.5) is 0 Å². The van der Waals surface area contributed by atoms with Gasteiger partial charge in [0, 0.05) is 0 Å². The number of rotatable bonds is 4. The Hall–Kier alpha value is -0.690. The minimum atomic E-state index is 0.0378. The second-order valence-electron chi connectivity index (χ2n) is 5.39. The topological polar surface area (TPSA) is 9.23 Å². The van der Waals surface area contributed by atoms with Crippen LogP contribution in [0.2, 0.25) is 0 Å². The molecule has 0 spiro atoms. The molecule has 0 saturated carbocycles. The maximum atomic E-state index is 6.60. The van der Waals surface area contributed by atoms with Gasteiger partial charge in [-0.3, -0.25) is 0 Å². The lowest BCUT2D eigenvalue weighted by Gasteiger charge is -2.29. The molecule has 0 bridgehead atoms. The third-order valence-electron chi connectivity index (χ3n) is 3.58. The van der Waals surface area contributed by atoms with Crippen LogP contribution in [0, 0.1) is 19.3 Å². The highest BCUT2D eigenvalue weighted by Crippen LogP contribution is 2.42. The standard InChI is InChI=1S/C15H23ClO/c1-7-15(4,5)14(16)12-8-10(2)13(17-6)11(3)9-12/h8-9,14H,7H2,1-6H3. The molecular weight excluding hydrogens is 232 g/mol. The first-order chi connectivity index (χ1) is 7.83. The van der Waals surface area contributed by atoms with Gasteiger partial charge in [0.15, 0.2) is 0 Å². The lowest BCUT2D eigenvalue weighted by Crippen LogP contribution is -2.17. The van der Waals surface area contributed by atoms with Gasteiger partial charge in [-0.05, 0) is 42.4 Å². The summed E-state index contributed by atoms with van der Waals surface area (Å²) in [6.45, 7) is 10.7. The van der Waals surface area contributed by atoms with E-state index in [4.69, 9.17) is 16.3 Å². The van der Waals surface area contributed by atoms with Gasteiger partial charge in [-0.2, -0.15) is 0 Å². The van der Waals surface area contributed by atoms with Gasteiger partial charge in [-0.1, -0.05) is 32.9 Å². The molecule has 96 valence electrons. The summed E-state index contributed by atoms with van der Waals surface area (Å²) in [5.74, 6) is 0.965. The maximum absolute atomic E-state index is 6.60. The zero-order chi connectivity index (χ0) is 13.2. The summed E-state index contributed by atoms with van der Waals surface area (Å²) in [4.78, 5) is 0. The van der Waals surface area contributed by atoms with Gasteiger partial charge in [0.25, 0.3) is 0 Å². The van der Waals surface area contributed by atoms with Gasteiger partial charge in [-0.15, -0.1) is 11.6 Å². The highest BCUT2D eigenvalue weighted by molar-refractivity contribution is 6.21. The molecule has 0 N–H and O–H groups in total. The number of benzene rings is 1. The fourth-order valence-electron chi connectivity index (χ4n) is 2.08. The molecule has 1 nitrogen and oxygen atoms in total. The quantitative estimate of drug-likeness (QED) is 0.685. The number of hydrogen-bond donors (Lipinski definition) is 0. The van der Waals surface area contributed by atoms with E-state index < -0.39 is 0 Å². The van der Waals surface area contributed by atoms with E-state index in [1.807, 2.05) is 0 Å². The normalized spacial score (nSPS) is 13.6. The summed E-state index contributed by atoms with van der Waals surface area (Å²) in [7, 11) is 1.71. The number of aryl methyl sites for hydroxylation is 2.